The number of carbonyl (C=O) groups excluding carboxylic acids is 1. The Morgan fingerprint density at radius 3 is 2.39 bits per heavy atom. The fraction of sp³-hybridized carbons (Fsp3) is 0.500. The van der Waals surface area contributed by atoms with Crippen molar-refractivity contribution in [2.75, 3.05) is 13.1 Å². The number of rotatable bonds is 3. The van der Waals surface area contributed by atoms with Gasteiger partial charge in [0.1, 0.15) is 6.10 Å². The summed E-state index contributed by atoms with van der Waals surface area (Å²) >= 11 is 0. The van der Waals surface area contributed by atoms with Gasteiger partial charge in [0.05, 0.1) is 0 Å². The third kappa shape index (κ3) is 4.44. The van der Waals surface area contributed by atoms with Gasteiger partial charge in [-0.25, -0.2) is 0 Å². The Morgan fingerprint density at radius 1 is 1.28 bits per heavy atom. The predicted molar refractivity (Wildman–Crippen MR) is 74.3 cm³/mol. The zero-order chi connectivity index (χ0) is 11.4. The van der Waals surface area contributed by atoms with E-state index in [1.165, 1.54) is 0 Å². The molecule has 1 atom stereocenters. The van der Waals surface area contributed by atoms with E-state index in [0.717, 1.165) is 31.5 Å². The minimum atomic E-state index is -0.916. The summed E-state index contributed by atoms with van der Waals surface area (Å²) in [4.78, 5) is 17.4. The number of likely N-dealkylation sites (tertiary alicyclic amines) is 1. The fourth-order valence-corrected chi connectivity index (χ4v) is 1.98. The molecule has 1 amide bonds. The molecule has 0 spiro atoms. The second-order valence-electron chi connectivity index (χ2n) is 4.11. The number of nitrogens with zero attached hydrogens (tertiary/aromatic N) is 2. The van der Waals surface area contributed by atoms with Gasteiger partial charge in [-0.3, -0.25) is 9.78 Å². The number of aliphatic hydroxyl groups is 1. The van der Waals surface area contributed by atoms with E-state index in [1.807, 2.05) is 12.1 Å². The molecule has 2 heterocycles. The number of aliphatic hydroxyl groups excluding tert-OH is 1. The van der Waals surface area contributed by atoms with Crippen LogP contribution in [0.2, 0.25) is 0 Å². The van der Waals surface area contributed by atoms with Gasteiger partial charge in [0.2, 0.25) is 0 Å². The Balaban J connectivity index is 0.00000144. The zero-order valence-corrected chi connectivity index (χ0v) is 11.6. The van der Waals surface area contributed by atoms with Crippen molar-refractivity contribution in [2.24, 2.45) is 0 Å². The Labute approximate surface area is 119 Å². The molecule has 4 nitrogen and oxygen atoms in total. The second-order valence-corrected chi connectivity index (χ2v) is 4.11. The van der Waals surface area contributed by atoms with Crippen LogP contribution in [0.25, 0.3) is 0 Å². The van der Waals surface area contributed by atoms with E-state index >= 15 is 0 Å². The molecule has 6 heteroatoms. The van der Waals surface area contributed by atoms with Crippen molar-refractivity contribution < 1.29 is 9.90 Å². The van der Waals surface area contributed by atoms with Crippen molar-refractivity contribution in [1.29, 1.82) is 0 Å². The van der Waals surface area contributed by atoms with Crippen LogP contribution in [0.4, 0.5) is 0 Å². The summed E-state index contributed by atoms with van der Waals surface area (Å²) in [5.74, 6) is -0.144. The monoisotopic (exact) mass is 292 g/mol. The molecule has 1 N–H and O–H groups in total. The highest BCUT2D eigenvalue weighted by Gasteiger charge is 2.24. The number of hydrogen-bond acceptors (Lipinski definition) is 3. The van der Waals surface area contributed by atoms with Gasteiger partial charge in [0.25, 0.3) is 5.91 Å². The highest BCUT2D eigenvalue weighted by molar-refractivity contribution is 5.85. The van der Waals surface area contributed by atoms with Crippen LogP contribution in [-0.4, -0.2) is 40.1 Å². The minimum Gasteiger partial charge on any atom is -0.383 e. The van der Waals surface area contributed by atoms with Crippen molar-refractivity contribution in [2.45, 2.75) is 25.4 Å². The molecule has 0 aliphatic carbocycles. The Morgan fingerprint density at radius 2 is 1.83 bits per heavy atom. The largest absolute Gasteiger partial charge is 0.383 e. The summed E-state index contributed by atoms with van der Waals surface area (Å²) < 4.78 is 0. The number of amides is 1. The molecule has 1 saturated heterocycles. The second kappa shape index (κ2) is 8.29. The molecule has 1 aliphatic heterocycles. The molecular formula is C12H18Cl2N2O2. The summed E-state index contributed by atoms with van der Waals surface area (Å²) in [6, 6.07) is 3.64. The maximum Gasteiger partial charge on any atom is 0.251 e. The van der Waals surface area contributed by atoms with Gasteiger partial charge in [-0.05, 0) is 30.5 Å². The predicted octanol–water partition coefficient (Wildman–Crippen LogP) is 1.45. The lowest BCUT2D eigenvalue weighted by Crippen LogP contribution is -2.38. The molecule has 2 rings (SSSR count). The summed E-state index contributed by atoms with van der Waals surface area (Å²) in [6.45, 7) is 1.57. The first-order valence-electron chi connectivity index (χ1n) is 5.63. The number of hydrogen-bond donors (Lipinski definition) is 1. The SMILES string of the molecule is Cl.Cl.O=C(C(O)Cc1ccncc1)N1CCCC1. The van der Waals surface area contributed by atoms with Crippen molar-refractivity contribution >= 4 is 30.7 Å². The molecule has 0 aromatic carbocycles. The lowest BCUT2D eigenvalue weighted by Gasteiger charge is -2.19. The van der Waals surface area contributed by atoms with Gasteiger partial charge in [-0.15, -0.1) is 24.8 Å². The van der Waals surface area contributed by atoms with Gasteiger partial charge in [-0.2, -0.15) is 0 Å². The number of pyridine rings is 1. The van der Waals surface area contributed by atoms with Crippen LogP contribution < -0.4 is 0 Å². The van der Waals surface area contributed by atoms with E-state index in [9.17, 15) is 9.90 Å². The molecule has 0 saturated carbocycles. The quantitative estimate of drug-likeness (QED) is 0.917. The molecule has 1 unspecified atom stereocenters. The molecule has 1 aliphatic rings. The van der Waals surface area contributed by atoms with Crippen LogP contribution in [0, 0.1) is 0 Å². The summed E-state index contributed by atoms with van der Waals surface area (Å²) in [5, 5.41) is 9.82. The first-order valence-corrected chi connectivity index (χ1v) is 5.63. The molecule has 18 heavy (non-hydrogen) atoms. The number of halogens is 2. The van der Waals surface area contributed by atoms with Gasteiger partial charge >= 0.3 is 0 Å². The molecule has 1 aromatic rings. The average molecular weight is 293 g/mol. The van der Waals surface area contributed by atoms with E-state index in [4.69, 9.17) is 0 Å². The van der Waals surface area contributed by atoms with Gasteiger partial charge in [-0.1, -0.05) is 0 Å². The van der Waals surface area contributed by atoms with Crippen molar-refractivity contribution in [1.82, 2.24) is 9.88 Å². The maximum absolute atomic E-state index is 11.8. The number of aromatic nitrogens is 1. The standard InChI is InChI=1S/C12H16N2O2.2ClH/c15-11(9-10-3-5-13-6-4-10)12(16)14-7-1-2-8-14;;/h3-6,11,15H,1-2,7-9H2;2*1H. The molecule has 102 valence electrons. The van der Waals surface area contributed by atoms with Crippen LogP contribution in [0.5, 0.6) is 0 Å². The third-order valence-corrected chi connectivity index (χ3v) is 2.88. The van der Waals surface area contributed by atoms with E-state index < -0.39 is 6.10 Å². The Kier molecular flexibility index (Phi) is 7.91. The van der Waals surface area contributed by atoms with E-state index in [0.29, 0.717) is 6.42 Å². The minimum absolute atomic E-state index is 0. The zero-order valence-electron chi connectivity index (χ0n) is 9.99. The maximum atomic E-state index is 11.8. The third-order valence-electron chi connectivity index (χ3n) is 2.88. The van der Waals surface area contributed by atoms with Crippen LogP contribution in [-0.2, 0) is 11.2 Å². The average Bonchev–Trinajstić information content (AvgIpc) is 2.83. The van der Waals surface area contributed by atoms with Crippen LogP contribution in [0.3, 0.4) is 0 Å². The fourth-order valence-electron chi connectivity index (χ4n) is 1.98. The highest BCUT2D eigenvalue weighted by atomic mass is 35.5. The first kappa shape index (κ1) is 17.2. The lowest BCUT2D eigenvalue weighted by atomic mass is 10.1. The molecule has 0 bridgehead atoms. The van der Waals surface area contributed by atoms with Crippen molar-refractivity contribution in [3.05, 3.63) is 30.1 Å². The lowest BCUT2D eigenvalue weighted by molar-refractivity contribution is -0.138. The molecule has 1 fully saturated rings. The van der Waals surface area contributed by atoms with Gasteiger partial charge in [0, 0.05) is 31.9 Å². The Hall–Kier alpha value is -0.840. The number of carbonyl (C=O) groups is 1. The normalized spacial score (nSPS) is 15.5. The first-order chi connectivity index (χ1) is 7.77. The van der Waals surface area contributed by atoms with Crippen LogP contribution >= 0.6 is 24.8 Å². The molecular weight excluding hydrogens is 275 g/mol. The Bertz CT molecular complexity index is 356. The smallest absolute Gasteiger partial charge is 0.251 e. The van der Waals surface area contributed by atoms with Crippen LogP contribution in [0.1, 0.15) is 18.4 Å². The topological polar surface area (TPSA) is 53.4 Å². The van der Waals surface area contributed by atoms with E-state index in [1.54, 1.807) is 17.3 Å². The van der Waals surface area contributed by atoms with E-state index in [2.05, 4.69) is 4.98 Å². The highest BCUT2D eigenvalue weighted by Crippen LogP contribution is 2.11. The van der Waals surface area contributed by atoms with Crippen molar-refractivity contribution in [3.63, 3.8) is 0 Å². The summed E-state index contributed by atoms with van der Waals surface area (Å²) in [6.07, 6.45) is 4.89. The van der Waals surface area contributed by atoms with Crippen LogP contribution in [0.15, 0.2) is 24.5 Å². The molecule has 1 aromatic heterocycles. The van der Waals surface area contributed by atoms with Crippen molar-refractivity contribution in [3.8, 4) is 0 Å². The summed E-state index contributed by atoms with van der Waals surface area (Å²) in [7, 11) is 0. The van der Waals surface area contributed by atoms with E-state index in [-0.39, 0.29) is 30.7 Å². The molecule has 0 radical (unpaired) electrons. The van der Waals surface area contributed by atoms with Gasteiger partial charge in [0.15, 0.2) is 0 Å². The summed E-state index contributed by atoms with van der Waals surface area (Å²) in [5.41, 5.74) is 0.940. The van der Waals surface area contributed by atoms with Gasteiger partial charge < -0.3 is 10.0 Å².